The van der Waals surface area contributed by atoms with Crippen LogP contribution in [0.4, 0.5) is 5.69 Å². The first-order chi connectivity index (χ1) is 23.2. The van der Waals surface area contributed by atoms with E-state index in [-0.39, 0.29) is 39.4 Å². The molecule has 242 valence electrons. The number of carbonyl (C=O) groups is 2. The summed E-state index contributed by atoms with van der Waals surface area (Å²) in [5.41, 5.74) is 10.6. The number of benzene rings is 5. The first-order valence-electron chi connectivity index (χ1n) is 16.5. The molecule has 48 heavy (non-hydrogen) atoms. The van der Waals surface area contributed by atoms with Crippen molar-refractivity contribution in [2.75, 3.05) is 12.3 Å². The number of anilines is 1. The molecule has 2 aliphatic carbocycles. The number of hydrogen-bond donors (Lipinski definition) is 3. The molecule has 5 aromatic carbocycles. The van der Waals surface area contributed by atoms with Crippen molar-refractivity contribution < 1.29 is 24.5 Å². The van der Waals surface area contributed by atoms with E-state index in [1.165, 1.54) is 55.1 Å². The highest BCUT2D eigenvalue weighted by Crippen LogP contribution is 2.47. The molecule has 0 aromatic heterocycles. The van der Waals surface area contributed by atoms with Crippen molar-refractivity contribution in [2.45, 2.75) is 55.2 Å². The van der Waals surface area contributed by atoms with Crippen LogP contribution < -0.4 is 10.5 Å². The summed E-state index contributed by atoms with van der Waals surface area (Å²) in [5.74, 6) is 0.316. The van der Waals surface area contributed by atoms with Crippen LogP contribution in [0.3, 0.4) is 0 Å². The number of aromatic hydroxyl groups is 2. The van der Waals surface area contributed by atoms with Gasteiger partial charge in [0.05, 0.1) is 28.9 Å². The van der Waals surface area contributed by atoms with Gasteiger partial charge in [0.1, 0.15) is 17.2 Å². The Labute approximate surface area is 284 Å². The van der Waals surface area contributed by atoms with Gasteiger partial charge in [-0.1, -0.05) is 80.1 Å². The Kier molecular flexibility index (Phi) is 8.48. The van der Waals surface area contributed by atoms with E-state index in [1.807, 2.05) is 31.2 Å². The van der Waals surface area contributed by atoms with Gasteiger partial charge in [0.15, 0.2) is 5.78 Å². The maximum Gasteiger partial charge on any atom is 0.200 e. The van der Waals surface area contributed by atoms with E-state index < -0.39 is 11.6 Å². The van der Waals surface area contributed by atoms with Gasteiger partial charge in [-0.05, 0) is 96.3 Å². The number of carbonyl (C=O) groups excluding carboxylic acids is 2. The summed E-state index contributed by atoms with van der Waals surface area (Å²) in [7, 11) is 0. The number of hydrogen-bond acceptors (Lipinski definition) is 7. The Bertz CT molecular complexity index is 2030. The van der Waals surface area contributed by atoms with Gasteiger partial charge < -0.3 is 20.7 Å². The van der Waals surface area contributed by atoms with Gasteiger partial charge in [0, 0.05) is 21.0 Å². The van der Waals surface area contributed by atoms with Crippen LogP contribution in [0.15, 0.2) is 101 Å². The van der Waals surface area contributed by atoms with E-state index >= 15 is 0 Å². The maximum atomic E-state index is 14.2. The molecule has 7 rings (SSSR count). The third-order valence-electron chi connectivity index (χ3n) is 9.67. The molecule has 4 N–H and O–H groups in total. The molecule has 0 unspecified atom stereocenters. The summed E-state index contributed by atoms with van der Waals surface area (Å²) in [6, 6.07) is 28.5. The zero-order valence-electron chi connectivity index (χ0n) is 27.0. The molecule has 0 amide bonds. The van der Waals surface area contributed by atoms with Crippen LogP contribution in [0.2, 0.25) is 0 Å². The minimum atomic E-state index is -0.605. The molecule has 5 aromatic rings. The minimum absolute atomic E-state index is 0.0464. The van der Waals surface area contributed by atoms with Gasteiger partial charge in [0.2, 0.25) is 5.78 Å². The largest absolute Gasteiger partial charge is 0.507 e. The normalized spacial score (nSPS) is 17.1. The molecule has 2 aliphatic rings. The smallest absolute Gasteiger partial charge is 0.200 e. The fraction of sp³-hybridized carbons (Fsp3) is 0.220. The molecule has 0 aliphatic heterocycles. The monoisotopic (exact) mass is 655 g/mol. The zero-order chi connectivity index (χ0) is 33.5. The number of phenolic OH excluding ortho intramolecular Hbond substituents is 2. The highest BCUT2D eigenvalue weighted by Gasteiger charge is 2.39. The zero-order valence-corrected chi connectivity index (χ0v) is 27.8. The lowest BCUT2D eigenvalue weighted by molar-refractivity contribution is 0.0972. The van der Waals surface area contributed by atoms with Gasteiger partial charge in [0.25, 0.3) is 0 Å². The van der Waals surface area contributed by atoms with Gasteiger partial charge >= 0.3 is 0 Å². The van der Waals surface area contributed by atoms with Crippen LogP contribution >= 0.6 is 11.8 Å². The number of nitrogens with two attached hydrogens (primary N) is 1. The first-order valence-corrected chi connectivity index (χ1v) is 17.3. The fourth-order valence-corrected chi connectivity index (χ4v) is 7.98. The van der Waals surface area contributed by atoms with Crippen LogP contribution in [0.1, 0.15) is 82.9 Å². The fourth-order valence-electron chi connectivity index (χ4n) is 7.02. The number of rotatable bonds is 7. The van der Waals surface area contributed by atoms with Gasteiger partial charge in [-0.15, -0.1) is 0 Å². The van der Waals surface area contributed by atoms with Crippen molar-refractivity contribution in [3.63, 3.8) is 0 Å². The molecule has 0 saturated heterocycles. The van der Waals surface area contributed by atoms with Crippen molar-refractivity contribution in [1.82, 2.24) is 0 Å². The molecule has 0 bridgehead atoms. The lowest BCUT2D eigenvalue weighted by atomic mass is 9.79. The van der Waals surface area contributed by atoms with Crippen LogP contribution in [-0.4, -0.2) is 28.4 Å². The highest BCUT2D eigenvalue weighted by molar-refractivity contribution is 7.99. The average molecular weight is 656 g/mol. The predicted molar refractivity (Wildman–Crippen MR) is 190 cm³/mol. The van der Waals surface area contributed by atoms with Crippen molar-refractivity contribution in [3.8, 4) is 39.5 Å². The molecular formula is C41H37NO5S. The quantitative estimate of drug-likeness (QED) is 0.116. The van der Waals surface area contributed by atoms with Crippen LogP contribution in [-0.2, 0) is 0 Å². The second-order valence-corrected chi connectivity index (χ2v) is 13.9. The highest BCUT2D eigenvalue weighted by atomic mass is 32.2. The number of ketones is 2. The van der Waals surface area contributed by atoms with E-state index in [9.17, 15) is 19.8 Å². The molecule has 0 heterocycles. The Morgan fingerprint density at radius 3 is 1.98 bits per heavy atom. The Hall–Kier alpha value is -5.01. The summed E-state index contributed by atoms with van der Waals surface area (Å²) < 4.78 is 5.53. The topological polar surface area (TPSA) is 110 Å². The Balaban J connectivity index is 1.18. The molecule has 0 spiro atoms. The van der Waals surface area contributed by atoms with Crippen molar-refractivity contribution >= 4 is 29.0 Å². The van der Waals surface area contributed by atoms with Crippen LogP contribution in [0.5, 0.6) is 17.2 Å². The average Bonchev–Trinajstić information content (AvgIpc) is 3.10. The van der Waals surface area contributed by atoms with E-state index in [0.717, 1.165) is 21.9 Å². The summed E-state index contributed by atoms with van der Waals surface area (Å²) in [5, 5.41) is 22.3. The predicted octanol–water partition coefficient (Wildman–Crippen LogP) is 9.63. The maximum absolute atomic E-state index is 14.2. The summed E-state index contributed by atoms with van der Waals surface area (Å²) >= 11 is 1.32. The van der Waals surface area contributed by atoms with E-state index in [1.54, 1.807) is 30.3 Å². The second kappa shape index (κ2) is 12.9. The lowest BCUT2D eigenvalue weighted by Gasteiger charge is -2.26. The molecular weight excluding hydrogens is 619 g/mol. The van der Waals surface area contributed by atoms with Gasteiger partial charge in [-0.2, -0.15) is 0 Å². The number of fused-ring (bicyclic) bond motifs is 2. The standard InChI is InChI=1S/C41H37NO5S/c1-3-47-29-16-12-28(13-17-29)31-22-32(42)35-38(39(31)44)41(46)37-34(21-20-33(43)36(37)40(35)45)48-30-18-14-27(15-19-30)26-10-8-25(9-11-26)24-6-4-23(2)5-7-24/h8-24,43-44H,3-7,42H2,1-2H3. The first kappa shape index (κ1) is 31.6. The van der Waals surface area contributed by atoms with E-state index in [0.29, 0.717) is 34.3 Å². The van der Waals surface area contributed by atoms with Crippen molar-refractivity contribution in [1.29, 1.82) is 0 Å². The number of ether oxygens (including phenoxy) is 1. The Morgan fingerprint density at radius 1 is 0.729 bits per heavy atom. The summed E-state index contributed by atoms with van der Waals surface area (Å²) in [6.07, 6.45) is 5.10. The molecule has 0 radical (unpaired) electrons. The second-order valence-electron chi connectivity index (χ2n) is 12.8. The minimum Gasteiger partial charge on any atom is -0.507 e. The third kappa shape index (κ3) is 5.73. The number of phenols is 2. The van der Waals surface area contributed by atoms with E-state index in [4.69, 9.17) is 10.5 Å². The Morgan fingerprint density at radius 2 is 1.33 bits per heavy atom. The third-order valence-corrected chi connectivity index (χ3v) is 10.7. The van der Waals surface area contributed by atoms with Gasteiger partial charge in [-0.3, -0.25) is 9.59 Å². The van der Waals surface area contributed by atoms with Crippen LogP contribution in [0.25, 0.3) is 22.3 Å². The van der Waals surface area contributed by atoms with Crippen LogP contribution in [0, 0.1) is 5.92 Å². The molecule has 1 fully saturated rings. The molecule has 6 nitrogen and oxygen atoms in total. The number of nitrogen functional groups attached to an aromatic ring is 1. The molecule has 0 atom stereocenters. The van der Waals surface area contributed by atoms with Crippen molar-refractivity contribution in [3.05, 3.63) is 119 Å². The summed E-state index contributed by atoms with van der Waals surface area (Å²) in [4.78, 5) is 29.4. The SMILES string of the molecule is CCOc1ccc(-c2cc(N)c3c(c2O)C(=O)c2c(Sc4ccc(-c5ccc(C6CCC(C)CC6)cc5)cc4)ccc(O)c2C3=O)cc1. The molecule has 7 heteroatoms. The van der Waals surface area contributed by atoms with E-state index in [2.05, 4.69) is 31.2 Å². The summed E-state index contributed by atoms with van der Waals surface area (Å²) in [6.45, 7) is 4.74. The molecule has 1 saturated carbocycles. The van der Waals surface area contributed by atoms with Crippen molar-refractivity contribution in [2.24, 2.45) is 5.92 Å². The lowest BCUT2D eigenvalue weighted by Crippen LogP contribution is -2.24. The van der Waals surface area contributed by atoms with Gasteiger partial charge in [-0.25, -0.2) is 0 Å².